The highest BCUT2D eigenvalue weighted by Crippen LogP contribution is 2.44. The van der Waals surface area contributed by atoms with Gasteiger partial charge in [0, 0.05) is 6.04 Å². The van der Waals surface area contributed by atoms with Gasteiger partial charge in [0.25, 0.3) is 0 Å². The van der Waals surface area contributed by atoms with Crippen LogP contribution >= 0.6 is 0 Å². The van der Waals surface area contributed by atoms with Gasteiger partial charge in [-0.2, -0.15) is 0 Å². The van der Waals surface area contributed by atoms with Crippen molar-refractivity contribution in [3.8, 4) is 0 Å². The number of imide groups is 1. The van der Waals surface area contributed by atoms with Gasteiger partial charge in [-0.05, 0) is 31.6 Å². The summed E-state index contributed by atoms with van der Waals surface area (Å²) in [5.41, 5.74) is 6.11. The summed E-state index contributed by atoms with van der Waals surface area (Å²) in [7, 11) is 0. The van der Waals surface area contributed by atoms with Crippen LogP contribution in [-0.4, -0.2) is 28.8 Å². The number of hydrogen-bond acceptors (Lipinski definition) is 3. The Bertz CT molecular complexity index is 358. The largest absolute Gasteiger partial charge is 0.326 e. The lowest BCUT2D eigenvalue weighted by Crippen LogP contribution is -2.52. The molecule has 3 aliphatic rings. The van der Waals surface area contributed by atoms with E-state index in [0.29, 0.717) is 5.92 Å². The molecule has 0 aromatic heterocycles. The molecule has 4 nitrogen and oxygen atoms in total. The molecule has 100 valence electrons. The molecular formula is C14H22N2O2. The van der Waals surface area contributed by atoms with Crippen molar-refractivity contribution in [1.82, 2.24) is 4.90 Å². The van der Waals surface area contributed by atoms with Crippen molar-refractivity contribution >= 4 is 11.8 Å². The summed E-state index contributed by atoms with van der Waals surface area (Å²) in [5, 5.41) is 0. The van der Waals surface area contributed by atoms with Gasteiger partial charge < -0.3 is 5.73 Å². The highest BCUT2D eigenvalue weighted by Gasteiger charge is 2.54. The molecule has 0 radical (unpaired) electrons. The zero-order valence-electron chi connectivity index (χ0n) is 11.0. The molecule has 0 aromatic rings. The molecule has 0 aromatic carbocycles. The molecule has 0 bridgehead atoms. The predicted molar refractivity (Wildman–Crippen MR) is 67.5 cm³/mol. The third-order valence-corrected chi connectivity index (χ3v) is 5.02. The Kier molecular flexibility index (Phi) is 2.93. The van der Waals surface area contributed by atoms with E-state index in [0.717, 1.165) is 38.5 Å². The Morgan fingerprint density at radius 1 is 1.06 bits per heavy atom. The van der Waals surface area contributed by atoms with Crippen molar-refractivity contribution < 1.29 is 9.59 Å². The third kappa shape index (κ3) is 1.69. The summed E-state index contributed by atoms with van der Waals surface area (Å²) < 4.78 is 0. The van der Waals surface area contributed by atoms with Crippen LogP contribution in [0.15, 0.2) is 0 Å². The number of nitrogens with zero attached hydrogens (tertiary/aromatic N) is 1. The Balaban J connectivity index is 1.82. The maximum Gasteiger partial charge on any atom is 0.233 e. The predicted octanol–water partition coefficient (Wildman–Crippen LogP) is 1.29. The van der Waals surface area contributed by atoms with E-state index in [9.17, 15) is 9.59 Å². The van der Waals surface area contributed by atoms with Gasteiger partial charge in [0.2, 0.25) is 11.8 Å². The normalized spacial score (nSPS) is 44.6. The number of hydrogen-bond donors (Lipinski definition) is 1. The maximum atomic E-state index is 12.4. The van der Waals surface area contributed by atoms with Gasteiger partial charge in [-0.25, -0.2) is 0 Å². The number of likely N-dealkylation sites (tertiary alicyclic amines) is 1. The molecule has 1 aliphatic heterocycles. The van der Waals surface area contributed by atoms with Gasteiger partial charge in [-0.3, -0.25) is 14.5 Å². The first-order valence-corrected chi connectivity index (χ1v) is 7.22. The minimum atomic E-state index is -0.0402. The van der Waals surface area contributed by atoms with Crippen LogP contribution in [0, 0.1) is 17.8 Å². The second-order valence-electron chi connectivity index (χ2n) is 6.35. The van der Waals surface area contributed by atoms with E-state index in [1.165, 1.54) is 0 Å². The number of nitrogens with two attached hydrogens (primary N) is 1. The van der Waals surface area contributed by atoms with Crippen LogP contribution < -0.4 is 5.73 Å². The molecule has 1 heterocycles. The monoisotopic (exact) mass is 250 g/mol. The summed E-state index contributed by atoms with van der Waals surface area (Å²) >= 11 is 0. The van der Waals surface area contributed by atoms with E-state index < -0.39 is 0 Å². The smallest absolute Gasteiger partial charge is 0.233 e. The maximum absolute atomic E-state index is 12.4. The zero-order valence-corrected chi connectivity index (χ0v) is 11.0. The van der Waals surface area contributed by atoms with Gasteiger partial charge >= 0.3 is 0 Å². The second-order valence-corrected chi connectivity index (χ2v) is 6.35. The van der Waals surface area contributed by atoms with E-state index in [-0.39, 0.29) is 35.7 Å². The van der Waals surface area contributed by atoms with Crippen molar-refractivity contribution in [2.24, 2.45) is 23.5 Å². The Labute approximate surface area is 108 Å². The fourth-order valence-corrected chi connectivity index (χ4v) is 4.09. The Morgan fingerprint density at radius 3 is 2.17 bits per heavy atom. The molecule has 3 fully saturated rings. The molecule has 2 amide bonds. The quantitative estimate of drug-likeness (QED) is 0.713. The molecule has 1 saturated heterocycles. The molecule has 18 heavy (non-hydrogen) atoms. The summed E-state index contributed by atoms with van der Waals surface area (Å²) in [5.74, 6) is 0.562. The molecule has 4 heteroatoms. The standard InChI is InChI=1S/C14H22N2O2/c1-8-6-9-10(7-8)14(18)16(13(9)17)12-5-3-2-4-11(12)15/h8-12H,2-7,15H2,1H3. The first-order valence-electron chi connectivity index (χ1n) is 7.22. The van der Waals surface area contributed by atoms with Crippen molar-refractivity contribution in [3.05, 3.63) is 0 Å². The van der Waals surface area contributed by atoms with Gasteiger partial charge in [0.15, 0.2) is 0 Å². The molecular weight excluding hydrogens is 228 g/mol. The van der Waals surface area contributed by atoms with Crippen LogP contribution in [0.4, 0.5) is 0 Å². The van der Waals surface area contributed by atoms with Crippen molar-refractivity contribution in [2.75, 3.05) is 0 Å². The van der Waals surface area contributed by atoms with Crippen molar-refractivity contribution in [1.29, 1.82) is 0 Å². The molecule has 2 saturated carbocycles. The second kappa shape index (κ2) is 4.34. The van der Waals surface area contributed by atoms with E-state index in [1.807, 2.05) is 0 Å². The van der Waals surface area contributed by atoms with Crippen LogP contribution in [0.5, 0.6) is 0 Å². The van der Waals surface area contributed by atoms with Crippen LogP contribution in [-0.2, 0) is 9.59 Å². The summed E-state index contributed by atoms with van der Waals surface area (Å²) in [6, 6.07) is -0.0393. The fourth-order valence-electron chi connectivity index (χ4n) is 4.09. The first kappa shape index (κ1) is 12.2. The average molecular weight is 250 g/mol. The lowest BCUT2D eigenvalue weighted by atomic mass is 9.89. The number of carbonyl (C=O) groups excluding carboxylic acids is 2. The van der Waals surface area contributed by atoms with Crippen molar-refractivity contribution in [2.45, 2.75) is 57.5 Å². The molecule has 0 spiro atoms. The van der Waals surface area contributed by atoms with Crippen molar-refractivity contribution in [3.63, 3.8) is 0 Å². The summed E-state index contributed by atoms with van der Waals surface area (Å²) in [4.78, 5) is 26.4. The lowest BCUT2D eigenvalue weighted by molar-refractivity contribution is -0.144. The summed E-state index contributed by atoms with van der Waals surface area (Å²) in [6.45, 7) is 2.13. The average Bonchev–Trinajstić information content (AvgIpc) is 2.82. The third-order valence-electron chi connectivity index (χ3n) is 5.02. The fraction of sp³-hybridized carbons (Fsp3) is 0.857. The summed E-state index contributed by atoms with van der Waals surface area (Å²) in [6.07, 6.45) is 5.81. The van der Waals surface area contributed by atoms with Crippen LogP contribution in [0.3, 0.4) is 0 Å². The van der Waals surface area contributed by atoms with E-state index >= 15 is 0 Å². The molecule has 4 unspecified atom stereocenters. The molecule has 2 aliphatic carbocycles. The van der Waals surface area contributed by atoms with Crippen LogP contribution in [0.25, 0.3) is 0 Å². The van der Waals surface area contributed by atoms with Gasteiger partial charge in [-0.15, -0.1) is 0 Å². The van der Waals surface area contributed by atoms with Gasteiger partial charge in [0.05, 0.1) is 17.9 Å². The number of carbonyl (C=O) groups is 2. The van der Waals surface area contributed by atoms with E-state index in [4.69, 9.17) is 5.73 Å². The number of fused-ring (bicyclic) bond motifs is 1. The SMILES string of the molecule is CC1CC2C(=O)N(C3CCCCC3N)C(=O)C2C1. The minimum absolute atomic E-state index is 0.0112. The topological polar surface area (TPSA) is 63.4 Å². The Hall–Kier alpha value is -0.900. The molecule has 4 atom stereocenters. The van der Waals surface area contributed by atoms with Gasteiger partial charge in [-0.1, -0.05) is 19.8 Å². The molecule has 2 N–H and O–H groups in total. The molecule has 3 rings (SSSR count). The Morgan fingerprint density at radius 2 is 1.61 bits per heavy atom. The number of rotatable bonds is 1. The first-order chi connectivity index (χ1) is 8.59. The minimum Gasteiger partial charge on any atom is -0.326 e. The van der Waals surface area contributed by atoms with E-state index in [1.54, 1.807) is 4.90 Å². The highest BCUT2D eigenvalue weighted by atomic mass is 16.2. The van der Waals surface area contributed by atoms with E-state index in [2.05, 4.69) is 6.92 Å². The highest BCUT2D eigenvalue weighted by molar-refractivity contribution is 6.05. The van der Waals surface area contributed by atoms with Crippen LogP contribution in [0.2, 0.25) is 0 Å². The zero-order chi connectivity index (χ0) is 12.9. The van der Waals surface area contributed by atoms with Gasteiger partial charge in [0.1, 0.15) is 0 Å². The van der Waals surface area contributed by atoms with Crippen LogP contribution in [0.1, 0.15) is 45.4 Å². The lowest BCUT2D eigenvalue weighted by Gasteiger charge is -2.35. The number of amides is 2.